The van der Waals surface area contributed by atoms with Gasteiger partial charge >= 0.3 is 0 Å². The maximum absolute atomic E-state index is 13.9. The molecular weight excluding hydrogens is 548 g/mol. The number of fused-ring (bicyclic) bond motifs is 1. The van der Waals surface area contributed by atoms with Gasteiger partial charge in [0.2, 0.25) is 5.91 Å². The second-order valence-electron chi connectivity index (χ2n) is 11.5. The lowest BCUT2D eigenvalue weighted by Gasteiger charge is -2.33. The molecule has 0 radical (unpaired) electrons. The van der Waals surface area contributed by atoms with E-state index in [2.05, 4.69) is 16.0 Å². The Hall–Kier alpha value is -3.82. The highest BCUT2D eigenvalue weighted by Gasteiger charge is 2.49. The number of hydrogen-bond donors (Lipinski definition) is 4. The number of benzene rings is 3. The Morgan fingerprint density at radius 1 is 1.05 bits per heavy atom. The van der Waals surface area contributed by atoms with Crippen molar-refractivity contribution in [1.82, 2.24) is 15.5 Å². The average Bonchev–Trinajstić information content (AvgIpc) is 3.59. The van der Waals surface area contributed by atoms with E-state index in [1.807, 2.05) is 87.5 Å². The Morgan fingerprint density at radius 2 is 1.79 bits per heavy atom. The average molecular weight is 587 g/mol. The Kier molecular flexibility index (Phi) is 8.89. The second kappa shape index (κ2) is 12.6. The largest absolute Gasteiger partial charge is 0.384 e. The maximum atomic E-state index is 13.9. The molecule has 3 atom stereocenters. The van der Waals surface area contributed by atoms with E-state index in [-0.39, 0.29) is 24.1 Å². The van der Waals surface area contributed by atoms with Gasteiger partial charge in [0.1, 0.15) is 6.04 Å². The molecule has 0 unspecified atom stereocenters. The Balaban J connectivity index is 1.36. The summed E-state index contributed by atoms with van der Waals surface area (Å²) in [5.41, 5.74) is 5.33. The number of hydrogen-bond acceptors (Lipinski definition) is 6. The molecular formula is C33H38N4O4S. The van der Waals surface area contributed by atoms with Crippen molar-refractivity contribution in [3.05, 3.63) is 101 Å². The minimum absolute atomic E-state index is 0.251. The molecule has 42 heavy (non-hydrogen) atoms. The van der Waals surface area contributed by atoms with Crippen LogP contribution in [0.4, 0.5) is 5.69 Å². The maximum Gasteiger partial charge on any atom is 0.254 e. The van der Waals surface area contributed by atoms with Gasteiger partial charge in [-0.15, -0.1) is 11.8 Å². The van der Waals surface area contributed by atoms with Crippen LogP contribution in [0.15, 0.2) is 72.8 Å². The zero-order valence-corrected chi connectivity index (χ0v) is 25.0. The fraction of sp³-hybridized carbons (Fsp3) is 0.364. The van der Waals surface area contributed by atoms with Crippen LogP contribution in [0.5, 0.6) is 0 Å². The van der Waals surface area contributed by atoms with Crippen molar-refractivity contribution in [1.29, 1.82) is 0 Å². The van der Waals surface area contributed by atoms with Crippen LogP contribution in [-0.2, 0) is 29.0 Å². The molecule has 3 aromatic rings. The predicted octanol–water partition coefficient (Wildman–Crippen LogP) is 3.66. The highest BCUT2D eigenvalue weighted by Crippen LogP contribution is 2.40. The summed E-state index contributed by atoms with van der Waals surface area (Å²) in [6.45, 7) is 6.95. The van der Waals surface area contributed by atoms with E-state index < -0.39 is 28.8 Å². The third-order valence-electron chi connectivity index (χ3n) is 8.15. The lowest BCUT2D eigenvalue weighted by atomic mass is 9.96. The van der Waals surface area contributed by atoms with Crippen LogP contribution >= 0.6 is 11.8 Å². The number of nitrogens with zero attached hydrogens (tertiary/aromatic N) is 1. The van der Waals surface area contributed by atoms with Crippen LogP contribution in [0.3, 0.4) is 0 Å². The van der Waals surface area contributed by atoms with Crippen molar-refractivity contribution in [3.63, 3.8) is 0 Å². The topological polar surface area (TPSA) is 111 Å². The summed E-state index contributed by atoms with van der Waals surface area (Å²) in [7, 11) is 0. The second-order valence-corrected chi connectivity index (χ2v) is 13.1. The molecule has 2 aliphatic rings. The summed E-state index contributed by atoms with van der Waals surface area (Å²) >= 11 is 1.49. The highest BCUT2D eigenvalue weighted by molar-refractivity contribution is 8.00. The van der Waals surface area contributed by atoms with Gasteiger partial charge in [0.05, 0.1) is 11.9 Å². The fourth-order valence-corrected chi connectivity index (χ4v) is 6.89. The monoisotopic (exact) mass is 586 g/mol. The third kappa shape index (κ3) is 6.32. The standard InChI is InChI=1S/C33H38N4O4S/c1-21-10-7-8-13-23(21)19-35-31(40)29-33(2,3)42-20-37(29)32(41)28(38)27(18-22-11-5-4-6-12-22)36-30(39)25-14-9-15-26-24(25)16-17-34-26/h4-15,27-29,34,38H,16-20H2,1-3H3,(H,35,40)(H,36,39)/t27-,28-,29+/m0/s1. The molecule has 2 heterocycles. The number of aliphatic hydroxyl groups is 1. The minimum atomic E-state index is -1.55. The molecule has 1 saturated heterocycles. The van der Waals surface area contributed by atoms with Gasteiger partial charge < -0.3 is 26.0 Å². The molecule has 0 bridgehead atoms. The smallest absolute Gasteiger partial charge is 0.254 e. The lowest BCUT2D eigenvalue weighted by molar-refractivity contribution is -0.147. The first-order valence-corrected chi connectivity index (χ1v) is 15.3. The van der Waals surface area contributed by atoms with Crippen LogP contribution < -0.4 is 16.0 Å². The SMILES string of the molecule is Cc1ccccc1CNC(=O)[C@H]1N(C(=O)[C@@H](O)[C@H](Cc2ccccc2)NC(=O)c2cccc3c2CCN3)CSC1(C)C. The first-order chi connectivity index (χ1) is 20.2. The van der Waals surface area contributed by atoms with Crippen LogP contribution in [0.2, 0.25) is 0 Å². The third-order valence-corrected chi connectivity index (χ3v) is 9.53. The van der Waals surface area contributed by atoms with E-state index in [9.17, 15) is 19.5 Å². The summed E-state index contributed by atoms with van der Waals surface area (Å²) in [5, 5.41) is 20.8. The van der Waals surface area contributed by atoms with Crippen molar-refractivity contribution in [2.75, 3.05) is 17.7 Å². The first-order valence-electron chi connectivity index (χ1n) is 14.3. The van der Waals surface area contributed by atoms with E-state index in [1.54, 1.807) is 6.07 Å². The van der Waals surface area contributed by atoms with Gasteiger partial charge in [0, 0.05) is 29.1 Å². The van der Waals surface area contributed by atoms with Crippen molar-refractivity contribution in [3.8, 4) is 0 Å². The number of carbonyl (C=O) groups is 3. The molecule has 0 spiro atoms. The van der Waals surface area contributed by atoms with Crippen molar-refractivity contribution >= 4 is 35.2 Å². The molecule has 0 aliphatic carbocycles. The van der Waals surface area contributed by atoms with Crippen molar-refractivity contribution in [2.24, 2.45) is 0 Å². The van der Waals surface area contributed by atoms with E-state index >= 15 is 0 Å². The summed E-state index contributed by atoms with van der Waals surface area (Å²) in [5.74, 6) is -0.933. The van der Waals surface area contributed by atoms with E-state index in [4.69, 9.17) is 0 Å². The van der Waals surface area contributed by atoms with Crippen molar-refractivity contribution in [2.45, 2.75) is 63.1 Å². The highest BCUT2D eigenvalue weighted by atomic mass is 32.2. The molecule has 4 N–H and O–H groups in total. The van der Waals surface area contributed by atoms with E-state index in [0.717, 1.165) is 40.9 Å². The van der Waals surface area contributed by atoms with E-state index in [1.165, 1.54) is 16.7 Å². The molecule has 8 nitrogen and oxygen atoms in total. The number of amides is 3. The number of rotatable bonds is 9. The molecule has 2 aliphatic heterocycles. The summed E-state index contributed by atoms with van der Waals surface area (Å²) in [4.78, 5) is 42.5. The quantitative estimate of drug-likeness (QED) is 0.305. The number of nitrogens with one attached hydrogen (secondary N) is 3. The molecule has 0 saturated carbocycles. The molecule has 0 aromatic heterocycles. The molecule has 9 heteroatoms. The normalized spacial score (nSPS) is 18.5. The molecule has 3 aromatic carbocycles. The fourth-order valence-electron chi connectivity index (χ4n) is 5.75. The molecule has 1 fully saturated rings. The van der Waals surface area contributed by atoms with Crippen LogP contribution in [-0.4, -0.2) is 63.1 Å². The molecule has 3 amide bonds. The Labute approximate surface area is 251 Å². The van der Waals surface area contributed by atoms with Crippen molar-refractivity contribution < 1.29 is 19.5 Å². The van der Waals surface area contributed by atoms with E-state index in [0.29, 0.717) is 12.1 Å². The van der Waals surface area contributed by atoms with Gasteiger partial charge in [0.15, 0.2) is 6.10 Å². The molecule has 5 rings (SSSR count). The number of carbonyl (C=O) groups excluding carboxylic acids is 3. The van der Waals surface area contributed by atoms with Gasteiger partial charge in [-0.05, 0) is 68.0 Å². The lowest BCUT2D eigenvalue weighted by Crippen LogP contribution is -2.58. The van der Waals surface area contributed by atoms with Gasteiger partial charge in [-0.2, -0.15) is 0 Å². The minimum Gasteiger partial charge on any atom is -0.384 e. The Morgan fingerprint density at radius 3 is 2.55 bits per heavy atom. The molecule has 220 valence electrons. The predicted molar refractivity (Wildman–Crippen MR) is 166 cm³/mol. The number of anilines is 1. The van der Waals surface area contributed by atoms with Crippen LogP contribution in [0.1, 0.15) is 46.5 Å². The summed E-state index contributed by atoms with van der Waals surface area (Å²) < 4.78 is -0.568. The zero-order valence-electron chi connectivity index (χ0n) is 24.2. The van der Waals surface area contributed by atoms with Gasteiger partial charge in [-0.3, -0.25) is 14.4 Å². The van der Waals surface area contributed by atoms with Gasteiger partial charge in [-0.1, -0.05) is 60.7 Å². The van der Waals surface area contributed by atoms with Crippen LogP contribution in [0, 0.1) is 6.92 Å². The van der Waals surface area contributed by atoms with Gasteiger partial charge in [-0.25, -0.2) is 0 Å². The van der Waals surface area contributed by atoms with Crippen LogP contribution in [0.25, 0.3) is 0 Å². The number of thioether (sulfide) groups is 1. The van der Waals surface area contributed by atoms with Gasteiger partial charge in [0.25, 0.3) is 11.8 Å². The number of aryl methyl sites for hydroxylation is 1. The summed E-state index contributed by atoms with van der Waals surface area (Å²) in [6, 6.07) is 21.1. The first kappa shape index (κ1) is 29.7. The Bertz CT molecular complexity index is 1460. The number of aliphatic hydroxyl groups excluding tert-OH is 1. The summed E-state index contributed by atoms with van der Waals surface area (Å²) in [6.07, 6.45) is -0.574. The zero-order chi connectivity index (χ0) is 29.9.